The molecule has 0 saturated heterocycles. The van der Waals surface area contributed by atoms with Crippen molar-refractivity contribution in [1.82, 2.24) is 0 Å². The third-order valence-electron chi connectivity index (χ3n) is 1.44. The van der Waals surface area contributed by atoms with Crippen LogP contribution in [0.3, 0.4) is 0 Å². The van der Waals surface area contributed by atoms with Gasteiger partial charge in [0, 0.05) is 5.69 Å². The fraction of sp³-hybridized carbons (Fsp3) is 0.222. The second kappa shape index (κ2) is 4.01. The summed E-state index contributed by atoms with van der Waals surface area (Å²) in [6.07, 6.45) is -0.513. The predicted molar refractivity (Wildman–Crippen MR) is 51.6 cm³/mol. The summed E-state index contributed by atoms with van der Waals surface area (Å²) in [7, 11) is 0. The zero-order valence-electron chi connectivity index (χ0n) is 7.12. The molecule has 0 fully saturated rings. The number of hydrogen-bond donors (Lipinski definition) is 1. The summed E-state index contributed by atoms with van der Waals surface area (Å²) in [5, 5.41) is 8.92. The van der Waals surface area contributed by atoms with Crippen LogP contribution in [0.2, 0.25) is 5.02 Å². The molecule has 0 aliphatic carbocycles. The summed E-state index contributed by atoms with van der Waals surface area (Å²) in [6, 6.07) is 6.84. The third-order valence-corrected chi connectivity index (χ3v) is 1.74. The SMILES string of the molecule is CC(C#N)Oc1ccc(N)cc1Cl. The van der Waals surface area contributed by atoms with Crippen LogP contribution >= 0.6 is 11.6 Å². The van der Waals surface area contributed by atoms with Gasteiger partial charge in [-0.3, -0.25) is 0 Å². The number of halogens is 1. The molecule has 0 spiro atoms. The normalized spacial score (nSPS) is 11.8. The Morgan fingerprint density at radius 1 is 1.62 bits per heavy atom. The molecule has 4 heteroatoms. The lowest BCUT2D eigenvalue weighted by molar-refractivity contribution is 0.277. The van der Waals surface area contributed by atoms with E-state index in [0.29, 0.717) is 16.5 Å². The molecule has 0 aromatic heterocycles. The summed E-state index contributed by atoms with van der Waals surface area (Å²) in [6.45, 7) is 1.65. The standard InChI is InChI=1S/C9H9ClN2O/c1-6(5-11)13-9-3-2-7(12)4-8(9)10/h2-4,6H,12H2,1H3. The van der Waals surface area contributed by atoms with Crippen LogP contribution < -0.4 is 10.5 Å². The number of hydrogen-bond acceptors (Lipinski definition) is 3. The molecule has 3 nitrogen and oxygen atoms in total. The fourth-order valence-corrected chi connectivity index (χ4v) is 1.06. The van der Waals surface area contributed by atoms with Crippen LogP contribution in [-0.4, -0.2) is 6.10 Å². The zero-order valence-corrected chi connectivity index (χ0v) is 7.88. The molecule has 0 aliphatic heterocycles. The zero-order chi connectivity index (χ0) is 9.84. The molecule has 13 heavy (non-hydrogen) atoms. The average Bonchev–Trinajstić information content (AvgIpc) is 2.09. The lowest BCUT2D eigenvalue weighted by Crippen LogP contribution is -2.08. The molecule has 2 N–H and O–H groups in total. The maximum Gasteiger partial charge on any atom is 0.181 e. The van der Waals surface area contributed by atoms with Crippen molar-refractivity contribution < 1.29 is 4.74 Å². The van der Waals surface area contributed by atoms with Crippen LogP contribution in [0.25, 0.3) is 0 Å². The first-order chi connectivity index (χ1) is 6.13. The summed E-state index contributed by atoms with van der Waals surface area (Å²) >= 11 is 5.82. The van der Waals surface area contributed by atoms with Crippen molar-refractivity contribution in [3.63, 3.8) is 0 Å². The maximum atomic E-state index is 8.50. The van der Waals surface area contributed by atoms with E-state index < -0.39 is 6.10 Å². The van der Waals surface area contributed by atoms with Gasteiger partial charge in [-0.25, -0.2) is 0 Å². The van der Waals surface area contributed by atoms with Crippen molar-refractivity contribution in [2.24, 2.45) is 0 Å². The van der Waals surface area contributed by atoms with Crippen LogP contribution in [0.5, 0.6) is 5.75 Å². The van der Waals surface area contributed by atoms with E-state index in [-0.39, 0.29) is 0 Å². The van der Waals surface area contributed by atoms with Gasteiger partial charge >= 0.3 is 0 Å². The number of nitrogens with two attached hydrogens (primary N) is 1. The first kappa shape index (κ1) is 9.69. The Morgan fingerprint density at radius 2 is 2.31 bits per heavy atom. The molecular formula is C9H9ClN2O. The van der Waals surface area contributed by atoms with Crippen molar-refractivity contribution >= 4 is 17.3 Å². The quantitative estimate of drug-likeness (QED) is 0.738. The average molecular weight is 197 g/mol. The van der Waals surface area contributed by atoms with Crippen LogP contribution in [0, 0.1) is 11.3 Å². The summed E-state index contributed by atoms with van der Waals surface area (Å²) in [4.78, 5) is 0. The lowest BCUT2D eigenvalue weighted by atomic mass is 10.3. The van der Waals surface area contributed by atoms with Crippen molar-refractivity contribution in [1.29, 1.82) is 5.26 Å². The molecule has 0 heterocycles. The molecule has 1 unspecified atom stereocenters. The lowest BCUT2D eigenvalue weighted by Gasteiger charge is -2.09. The number of nitrogen functional groups attached to an aromatic ring is 1. The Balaban J connectivity index is 2.85. The van der Waals surface area contributed by atoms with Gasteiger partial charge in [0.25, 0.3) is 0 Å². The first-order valence-electron chi connectivity index (χ1n) is 3.75. The van der Waals surface area contributed by atoms with E-state index in [2.05, 4.69) is 0 Å². The van der Waals surface area contributed by atoms with Gasteiger partial charge in [-0.15, -0.1) is 0 Å². The van der Waals surface area contributed by atoms with Crippen molar-refractivity contribution in [2.45, 2.75) is 13.0 Å². The highest BCUT2D eigenvalue weighted by atomic mass is 35.5. The summed E-state index contributed by atoms with van der Waals surface area (Å²) in [5.74, 6) is 0.477. The van der Waals surface area contributed by atoms with E-state index in [1.807, 2.05) is 6.07 Å². The minimum atomic E-state index is -0.513. The Hall–Kier alpha value is -1.40. The predicted octanol–water partition coefficient (Wildman–Crippen LogP) is 2.21. The Morgan fingerprint density at radius 3 is 2.85 bits per heavy atom. The largest absolute Gasteiger partial charge is 0.474 e. The molecule has 1 rings (SSSR count). The molecule has 0 saturated carbocycles. The first-order valence-corrected chi connectivity index (χ1v) is 4.12. The number of benzene rings is 1. The minimum absolute atomic E-state index is 0.419. The Kier molecular flexibility index (Phi) is 2.99. The number of rotatable bonds is 2. The van der Waals surface area contributed by atoms with Gasteiger partial charge in [0.2, 0.25) is 0 Å². The van der Waals surface area contributed by atoms with E-state index in [0.717, 1.165) is 0 Å². The number of nitriles is 1. The van der Waals surface area contributed by atoms with E-state index in [4.69, 9.17) is 27.3 Å². The maximum absolute atomic E-state index is 8.50. The van der Waals surface area contributed by atoms with E-state index in [1.54, 1.807) is 25.1 Å². The summed E-state index contributed by atoms with van der Waals surface area (Å²) in [5.41, 5.74) is 6.06. The second-order valence-corrected chi connectivity index (χ2v) is 2.99. The van der Waals surface area contributed by atoms with E-state index in [9.17, 15) is 0 Å². The topological polar surface area (TPSA) is 59.0 Å². The van der Waals surface area contributed by atoms with Crippen molar-refractivity contribution in [2.75, 3.05) is 5.73 Å². The molecule has 1 aromatic rings. The Labute approximate surface area is 81.7 Å². The van der Waals surface area contributed by atoms with Gasteiger partial charge in [0.05, 0.1) is 5.02 Å². The van der Waals surface area contributed by atoms with Crippen LogP contribution in [-0.2, 0) is 0 Å². The highest BCUT2D eigenvalue weighted by molar-refractivity contribution is 6.32. The minimum Gasteiger partial charge on any atom is -0.474 e. The molecule has 68 valence electrons. The molecule has 0 bridgehead atoms. The van der Waals surface area contributed by atoms with Crippen LogP contribution in [0.1, 0.15) is 6.92 Å². The number of anilines is 1. The molecular weight excluding hydrogens is 188 g/mol. The van der Waals surface area contributed by atoms with Crippen molar-refractivity contribution in [3.8, 4) is 11.8 Å². The van der Waals surface area contributed by atoms with Gasteiger partial charge in [0.15, 0.2) is 6.10 Å². The second-order valence-electron chi connectivity index (χ2n) is 2.58. The molecule has 1 atom stereocenters. The molecule has 1 aromatic carbocycles. The van der Waals surface area contributed by atoms with Crippen molar-refractivity contribution in [3.05, 3.63) is 23.2 Å². The smallest absolute Gasteiger partial charge is 0.181 e. The number of nitrogens with zero attached hydrogens (tertiary/aromatic N) is 1. The van der Waals surface area contributed by atoms with Gasteiger partial charge in [-0.05, 0) is 25.1 Å². The summed E-state index contributed by atoms with van der Waals surface area (Å²) < 4.78 is 5.20. The van der Waals surface area contributed by atoms with Gasteiger partial charge in [-0.2, -0.15) is 5.26 Å². The van der Waals surface area contributed by atoms with Crippen LogP contribution in [0.15, 0.2) is 18.2 Å². The van der Waals surface area contributed by atoms with Gasteiger partial charge in [0.1, 0.15) is 11.8 Å². The number of ether oxygens (including phenoxy) is 1. The monoisotopic (exact) mass is 196 g/mol. The van der Waals surface area contributed by atoms with Gasteiger partial charge < -0.3 is 10.5 Å². The van der Waals surface area contributed by atoms with E-state index >= 15 is 0 Å². The van der Waals surface area contributed by atoms with E-state index in [1.165, 1.54) is 0 Å². The fourth-order valence-electron chi connectivity index (χ4n) is 0.829. The van der Waals surface area contributed by atoms with Gasteiger partial charge in [-0.1, -0.05) is 11.6 Å². The highest BCUT2D eigenvalue weighted by Gasteiger charge is 2.05. The Bertz CT molecular complexity index is 346. The highest BCUT2D eigenvalue weighted by Crippen LogP contribution is 2.26. The molecule has 0 amide bonds. The third kappa shape index (κ3) is 2.53. The molecule has 0 radical (unpaired) electrons. The van der Waals surface area contributed by atoms with Crippen LogP contribution in [0.4, 0.5) is 5.69 Å². The molecule has 0 aliphatic rings.